The summed E-state index contributed by atoms with van der Waals surface area (Å²) >= 11 is 0. The van der Waals surface area contributed by atoms with Gasteiger partial charge in [0, 0.05) is 39.2 Å². The number of rotatable bonds is 5. The minimum atomic E-state index is 0.691. The summed E-state index contributed by atoms with van der Waals surface area (Å²) in [5.74, 6) is 0.691. The van der Waals surface area contributed by atoms with E-state index >= 15 is 0 Å². The van der Waals surface area contributed by atoms with E-state index in [0.717, 1.165) is 72.5 Å². The van der Waals surface area contributed by atoms with Crippen LogP contribution >= 0.6 is 0 Å². The fourth-order valence-electron chi connectivity index (χ4n) is 6.27. The van der Waals surface area contributed by atoms with E-state index in [1.807, 2.05) is 48.7 Å². The monoisotopic (exact) mass is 601 g/mol. The maximum absolute atomic E-state index is 5.18. The highest BCUT2D eigenvalue weighted by Crippen LogP contribution is 2.34. The topological polar surface area (TPSA) is 56.0 Å². The number of hydrogen-bond donors (Lipinski definition) is 0. The van der Waals surface area contributed by atoms with Crippen LogP contribution < -0.4 is 0 Å². The zero-order valence-electron chi connectivity index (χ0n) is 25.3. The Bertz CT molecular complexity index is 2540. The molecule has 4 aromatic heterocycles. The van der Waals surface area contributed by atoms with E-state index in [1.54, 1.807) is 0 Å². The second kappa shape index (κ2) is 11.2. The van der Waals surface area contributed by atoms with Crippen molar-refractivity contribution in [3.63, 3.8) is 0 Å². The molecule has 9 aromatic rings. The van der Waals surface area contributed by atoms with Crippen molar-refractivity contribution in [3.8, 4) is 56.3 Å². The van der Waals surface area contributed by atoms with Gasteiger partial charge in [0.1, 0.15) is 11.2 Å². The third-order valence-corrected chi connectivity index (χ3v) is 8.66. The molecule has 0 saturated heterocycles. The van der Waals surface area contributed by atoms with Gasteiger partial charge in [0.05, 0.1) is 17.1 Å². The average molecular weight is 602 g/mol. The molecular weight excluding hydrogens is 574 g/mol. The fraction of sp³-hybridized carbons (Fsp3) is 0. The summed E-state index contributed by atoms with van der Waals surface area (Å²) < 4.78 is 2.06. The van der Waals surface area contributed by atoms with Gasteiger partial charge in [-0.3, -0.25) is 4.40 Å². The quantitative estimate of drug-likeness (QED) is 0.197. The molecule has 47 heavy (non-hydrogen) atoms. The second-order valence-electron chi connectivity index (χ2n) is 11.6. The van der Waals surface area contributed by atoms with E-state index in [0.29, 0.717) is 5.82 Å². The maximum atomic E-state index is 5.18. The summed E-state index contributed by atoms with van der Waals surface area (Å²) in [4.78, 5) is 20.2. The van der Waals surface area contributed by atoms with Crippen LogP contribution in [0.15, 0.2) is 164 Å². The highest BCUT2D eigenvalue weighted by Gasteiger charge is 2.16. The second-order valence-corrected chi connectivity index (χ2v) is 11.6. The van der Waals surface area contributed by atoms with Crippen molar-refractivity contribution in [1.29, 1.82) is 0 Å². The van der Waals surface area contributed by atoms with Crippen LogP contribution in [0.2, 0.25) is 0 Å². The summed E-state index contributed by atoms with van der Waals surface area (Å²) in [5.41, 5.74) is 11.7. The molecule has 0 fully saturated rings. The molecule has 9 rings (SSSR count). The minimum absolute atomic E-state index is 0.691. The molecular formula is C42H27N5. The zero-order chi connectivity index (χ0) is 31.2. The van der Waals surface area contributed by atoms with Gasteiger partial charge < -0.3 is 0 Å². The summed E-state index contributed by atoms with van der Waals surface area (Å²) in [7, 11) is 0. The Kier molecular flexibility index (Phi) is 6.39. The summed E-state index contributed by atoms with van der Waals surface area (Å²) in [6.07, 6.45) is 2.02. The normalized spacial score (nSPS) is 11.4. The molecule has 0 spiro atoms. The zero-order valence-corrected chi connectivity index (χ0v) is 25.3. The van der Waals surface area contributed by atoms with Crippen molar-refractivity contribution in [3.05, 3.63) is 164 Å². The van der Waals surface area contributed by atoms with E-state index in [4.69, 9.17) is 19.9 Å². The molecule has 0 aliphatic carbocycles. The van der Waals surface area contributed by atoms with Crippen molar-refractivity contribution in [2.45, 2.75) is 0 Å². The first-order chi connectivity index (χ1) is 23.3. The van der Waals surface area contributed by atoms with E-state index in [9.17, 15) is 0 Å². The van der Waals surface area contributed by atoms with Crippen LogP contribution in [0, 0.1) is 0 Å². The van der Waals surface area contributed by atoms with Gasteiger partial charge in [-0.1, -0.05) is 140 Å². The summed E-state index contributed by atoms with van der Waals surface area (Å²) in [6, 6.07) is 54.2. The van der Waals surface area contributed by atoms with Gasteiger partial charge >= 0.3 is 0 Å². The first kappa shape index (κ1) is 26.9. The third kappa shape index (κ3) is 4.82. The Morgan fingerprint density at radius 1 is 0.383 bits per heavy atom. The Balaban J connectivity index is 1.15. The molecule has 4 heterocycles. The molecule has 0 aliphatic rings. The Morgan fingerprint density at radius 2 is 0.915 bits per heavy atom. The van der Waals surface area contributed by atoms with Gasteiger partial charge in [0.2, 0.25) is 0 Å². The number of aromatic nitrogens is 5. The lowest BCUT2D eigenvalue weighted by molar-refractivity contribution is 1.18. The Labute approximate surface area is 271 Å². The Morgan fingerprint density at radius 3 is 1.64 bits per heavy atom. The molecule has 5 aromatic carbocycles. The highest BCUT2D eigenvalue weighted by atomic mass is 15.1. The molecule has 5 nitrogen and oxygen atoms in total. The highest BCUT2D eigenvalue weighted by molar-refractivity contribution is 6.09. The van der Waals surface area contributed by atoms with Crippen LogP contribution in [0.25, 0.3) is 83.9 Å². The molecule has 220 valence electrons. The lowest BCUT2D eigenvalue weighted by atomic mass is 10.0. The van der Waals surface area contributed by atoms with E-state index in [1.165, 1.54) is 5.56 Å². The van der Waals surface area contributed by atoms with Crippen molar-refractivity contribution in [2.24, 2.45) is 0 Å². The van der Waals surface area contributed by atoms with Gasteiger partial charge in [-0.15, -0.1) is 0 Å². The maximum Gasteiger partial charge on any atom is 0.165 e. The lowest BCUT2D eigenvalue weighted by Crippen LogP contribution is -1.96. The number of fused-ring (bicyclic) bond motifs is 5. The first-order valence-electron chi connectivity index (χ1n) is 15.7. The molecule has 0 unspecified atom stereocenters. The minimum Gasteiger partial charge on any atom is -0.284 e. The smallest absolute Gasteiger partial charge is 0.165 e. The van der Waals surface area contributed by atoms with Crippen LogP contribution in [0.3, 0.4) is 0 Å². The molecule has 5 heteroatoms. The third-order valence-electron chi connectivity index (χ3n) is 8.66. The average Bonchev–Trinajstić information content (AvgIpc) is 3.54. The fourth-order valence-corrected chi connectivity index (χ4v) is 6.27. The van der Waals surface area contributed by atoms with Crippen molar-refractivity contribution < 1.29 is 0 Å². The molecule has 0 saturated carbocycles. The van der Waals surface area contributed by atoms with E-state index in [-0.39, 0.29) is 0 Å². The van der Waals surface area contributed by atoms with Gasteiger partial charge in [0.25, 0.3) is 0 Å². The van der Waals surface area contributed by atoms with E-state index in [2.05, 4.69) is 120 Å². The molecule has 0 aliphatic heterocycles. The largest absolute Gasteiger partial charge is 0.284 e. The number of hydrogen-bond acceptors (Lipinski definition) is 4. The Hall–Kier alpha value is -6.46. The van der Waals surface area contributed by atoms with Crippen LogP contribution in [-0.2, 0) is 0 Å². The van der Waals surface area contributed by atoms with Crippen LogP contribution in [-0.4, -0.2) is 24.3 Å². The molecule has 0 atom stereocenters. The summed E-state index contributed by atoms with van der Waals surface area (Å²) in [5, 5.41) is 2.16. The van der Waals surface area contributed by atoms with E-state index < -0.39 is 0 Å². The molecule has 0 radical (unpaired) electrons. The first-order valence-corrected chi connectivity index (χ1v) is 15.7. The predicted octanol–water partition coefficient (Wildman–Crippen LogP) is 10.2. The summed E-state index contributed by atoms with van der Waals surface area (Å²) in [6.45, 7) is 0. The van der Waals surface area contributed by atoms with Gasteiger partial charge in [0.15, 0.2) is 11.5 Å². The van der Waals surface area contributed by atoms with Gasteiger partial charge in [-0.2, -0.15) is 0 Å². The number of nitrogens with zero attached hydrogens (tertiary/aromatic N) is 5. The van der Waals surface area contributed by atoms with Gasteiger partial charge in [-0.05, 0) is 29.3 Å². The van der Waals surface area contributed by atoms with Crippen LogP contribution in [0.5, 0.6) is 0 Å². The molecule has 0 amide bonds. The predicted molar refractivity (Wildman–Crippen MR) is 191 cm³/mol. The number of benzene rings is 5. The van der Waals surface area contributed by atoms with Crippen LogP contribution in [0.4, 0.5) is 0 Å². The van der Waals surface area contributed by atoms with Crippen molar-refractivity contribution >= 4 is 27.6 Å². The number of pyridine rings is 2. The number of imidazole rings is 1. The SMILES string of the molecule is c1ccc(-c2ccc(-c3nc(-c4ccccc4)cc(-c4ccc(-c5nc6c(nc7ccccn76)c6ccccc56)cc4)n3)cc2)cc1. The van der Waals surface area contributed by atoms with Gasteiger partial charge in [-0.25, -0.2) is 19.9 Å². The van der Waals surface area contributed by atoms with Crippen molar-refractivity contribution in [1.82, 2.24) is 24.3 Å². The molecule has 0 bridgehead atoms. The van der Waals surface area contributed by atoms with Crippen LogP contribution in [0.1, 0.15) is 0 Å². The molecule has 0 N–H and O–H groups in total. The van der Waals surface area contributed by atoms with Crippen molar-refractivity contribution in [2.75, 3.05) is 0 Å². The lowest BCUT2D eigenvalue weighted by Gasteiger charge is -2.11. The standard InChI is InChI=1S/C42H27N5/c1-3-11-28(12-4-1)29-18-24-33(25-19-29)41-43-36(30-13-5-2-6-14-30)27-37(44-41)31-20-22-32(23-21-31)39-34-15-7-8-16-35(34)40-42(46-39)47-26-10-9-17-38(47)45-40/h1-27H.